The van der Waals surface area contributed by atoms with Crippen molar-refractivity contribution in [3.05, 3.63) is 18.0 Å². The van der Waals surface area contributed by atoms with Gasteiger partial charge in [0.15, 0.2) is 0 Å². The molecule has 0 aliphatic heterocycles. The molecule has 1 aromatic heterocycles. The molecule has 0 aromatic carbocycles. The van der Waals surface area contributed by atoms with E-state index < -0.39 is 33.2 Å². The Hall–Kier alpha value is -1.41. The highest BCUT2D eigenvalue weighted by molar-refractivity contribution is 7.90. The average molecular weight is 301 g/mol. The van der Waals surface area contributed by atoms with Crippen LogP contribution in [-0.4, -0.2) is 36.9 Å². The molecule has 1 fully saturated rings. The molecule has 1 aliphatic carbocycles. The van der Waals surface area contributed by atoms with Gasteiger partial charge in [-0.25, -0.2) is 13.1 Å². The largest absolute Gasteiger partial charge is 0.469 e. The summed E-state index contributed by atoms with van der Waals surface area (Å²) in [6.45, 7) is 1.74. The number of carbonyl (C=O) groups excluding carboxylic acids is 1. The summed E-state index contributed by atoms with van der Waals surface area (Å²) in [5.41, 5.74) is 0.751. The molecule has 0 radical (unpaired) electrons. The van der Waals surface area contributed by atoms with Crippen molar-refractivity contribution in [3.8, 4) is 0 Å². The SMILES string of the molecule is COC(=O)C1CCCC1S(=O)(=O)NC(C)c1cn[nH]c1. The Morgan fingerprint density at radius 2 is 2.30 bits per heavy atom. The number of hydrogen-bond acceptors (Lipinski definition) is 5. The van der Waals surface area contributed by atoms with Crippen molar-refractivity contribution in [1.82, 2.24) is 14.9 Å². The molecule has 1 heterocycles. The fraction of sp³-hybridized carbons (Fsp3) is 0.667. The molecule has 7 nitrogen and oxygen atoms in total. The molecule has 8 heteroatoms. The lowest BCUT2D eigenvalue weighted by Gasteiger charge is -2.21. The van der Waals surface area contributed by atoms with Crippen LogP contribution < -0.4 is 4.72 Å². The predicted molar refractivity (Wildman–Crippen MR) is 72.2 cm³/mol. The summed E-state index contributed by atoms with van der Waals surface area (Å²) < 4.78 is 32.1. The number of H-pyrrole nitrogens is 1. The summed E-state index contributed by atoms with van der Waals surface area (Å²) in [5, 5.41) is 5.72. The molecule has 0 spiro atoms. The quantitative estimate of drug-likeness (QED) is 0.781. The Morgan fingerprint density at radius 3 is 2.90 bits per heavy atom. The number of rotatable bonds is 5. The van der Waals surface area contributed by atoms with Gasteiger partial charge in [0.25, 0.3) is 0 Å². The van der Waals surface area contributed by atoms with Gasteiger partial charge in [0.05, 0.1) is 24.5 Å². The van der Waals surface area contributed by atoms with Gasteiger partial charge in [-0.15, -0.1) is 0 Å². The fourth-order valence-corrected chi connectivity index (χ4v) is 4.58. The molecular weight excluding hydrogens is 282 g/mol. The van der Waals surface area contributed by atoms with Crippen LogP contribution in [0.1, 0.15) is 37.8 Å². The summed E-state index contributed by atoms with van der Waals surface area (Å²) in [7, 11) is -2.30. The van der Waals surface area contributed by atoms with E-state index in [0.717, 1.165) is 5.56 Å². The lowest BCUT2D eigenvalue weighted by atomic mass is 10.1. The second-order valence-electron chi connectivity index (χ2n) is 5.02. The molecule has 1 saturated carbocycles. The molecule has 0 saturated heterocycles. The first-order valence-electron chi connectivity index (χ1n) is 6.53. The Balaban J connectivity index is 2.11. The number of esters is 1. The van der Waals surface area contributed by atoms with Gasteiger partial charge in [0.1, 0.15) is 0 Å². The van der Waals surface area contributed by atoms with E-state index in [1.165, 1.54) is 7.11 Å². The van der Waals surface area contributed by atoms with Gasteiger partial charge >= 0.3 is 5.97 Å². The van der Waals surface area contributed by atoms with E-state index in [-0.39, 0.29) is 0 Å². The highest BCUT2D eigenvalue weighted by atomic mass is 32.2. The number of hydrogen-bond donors (Lipinski definition) is 2. The topological polar surface area (TPSA) is 101 Å². The van der Waals surface area contributed by atoms with Crippen LogP contribution in [0.2, 0.25) is 0 Å². The minimum Gasteiger partial charge on any atom is -0.469 e. The number of nitrogens with zero attached hydrogens (tertiary/aromatic N) is 1. The van der Waals surface area contributed by atoms with Crippen LogP contribution in [0.3, 0.4) is 0 Å². The summed E-state index contributed by atoms with van der Waals surface area (Å²) >= 11 is 0. The first-order valence-corrected chi connectivity index (χ1v) is 8.08. The number of aromatic nitrogens is 2. The van der Waals surface area contributed by atoms with E-state index in [2.05, 4.69) is 14.9 Å². The maximum atomic E-state index is 12.4. The standard InChI is InChI=1S/C12H19N3O4S/c1-8(9-6-13-14-7-9)15-20(17,18)11-5-3-4-10(11)12(16)19-2/h6-8,10-11,15H,3-5H2,1-2H3,(H,13,14). The number of nitrogens with one attached hydrogen (secondary N) is 2. The van der Waals surface area contributed by atoms with E-state index in [1.807, 2.05) is 0 Å². The van der Waals surface area contributed by atoms with E-state index >= 15 is 0 Å². The molecule has 2 N–H and O–H groups in total. The monoisotopic (exact) mass is 301 g/mol. The van der Waals surface area contributed by atoms with Gasteiger partial charge in [0, 0.05) is 17.8 Å². The maximum absolute atomic E-state index is 12.4. The van der Waals surface area contributed by atoms with Gasteiger partial charge in [0.2, 0.25) is 10.0 Å². The van der Waals surface area contributed by atoms with Gasteiger partial charge in [-0.3, -0.25) is 9.89 Å². The molecule has 3 atom stereocenters. The molecule has 20 heavy (non-hydrogen) atoms. The van der Waals surface area contributed by atoms with Crippen molar-refractivity contribution in [1.29, 1.82) is 0 Å². The average Bonchev–Trinajstić information content (AvgIpc) is 3.08. The summed E-state index contributed by atoms with van der Waals surface area (Å²) in [6, 6.07) is -0.391. The molecule has 3 unspecified atom stereocenters. The summed E-state index contributed by atoms with van der Waals surface area (Å²) in [6.07, 6.45) is 4.95. The Bertz CT molecular complexity index is 555. The first kappa shape index (κ1) is 15.0. The number of ether oxygens (including phenoxy) is 1. The normalized spacial score (nSPS) is 24.5. The van der Waals surface area contributed by atoms with Crippen LogP contribution in [-0.2, 0) is 19.6 Å². The van der Waals surface area contributed by atoms with Crippen molar-refractivity contribution in [2.24, 2.45) is 5.92 Å². The number of methoxy groups -OCH3 is 1. The van der Waals surface area contributed by atoms with Crippen molar-refractivity contribution in [2.75, 3.05) is 7.11 Å². The van der Waals surface area contributed by atoms with Crippen molar-refractivity contribution < 1.29 is 17.9 Å². The van der Waals surface area contributed by atoms with E-state index in [9.17, 15) is 13.2 Å². The van der Waals surface area contributed by atoms with Gasteiger partial charge in [-0.1, -0.05) is 6.42 Å². The van der Waals surface area contributed by atoms with Gasteiger partial charge < -0.3 is 4.74 Å². The Labute approximate surface area is 118 Å². The molecule has 0 bridgehead atoms. The molecule has 1 aliphatic rings. The van der Waals surface area contributed by atoms with Crippen molar-refractivity contribution >= 4 is 16.0 Å². The third kappa shape index (κ3) is 3.01. The lowest BCUT2D eigenvalue weighted by molar-refractivity contribution is -0.145. The van der Waals surface area contributed by atoms with Crippen LogP contribution >= 0.6 is 0 Å². The minimum atomic E-state index is -3.58. The second-order valence-corrected chi connectivity index (χ2v) is 6.95. The van der Waals surface area contributed by atoms with Crippen LogP contribution in [0.15, 0.2) is 12.4 Å². The van der Waals surface area contributed by atoms with Crippen LogP contribution in [0.5, 0.6) is 0 Å². The zero-order valence-electron chi connectivity index (χ0n) is 11.5. The predicted octanol–water partition coefficient (Wildman–Crippen LogP) is 0.732. The molecule has 1 aromatic rings. The van der Waals surface area contributed by atoms with Gasteiger partial charge in [-0.2, -0.15) is 5.10 Å². The van der Waals surface area contributed by atoms with Crippen LogP contribution in [0.4, 0.5) is 0 Å². The molecule has 112 valence electrons. The second kappa shape index (κ2) is 5.92. The summed E-state index contributed by atoms with van der Waals surface area (Å²) in [4.78, 5) is 11.7. The third-order valence-corrected chi connectivity index (χ3v) is 5.76. The van der Waals surface area contributed by atoms with Crippen LogP contribution in [0.25, 0.3) is 0 Å². The highest BCUT2D eigenvalue weighted by Gasteiger charge is 2.42. The zero-order chi connectivity index (χ0) is 14.8. The summed E-state index contributed by atoms with van der Waals surface area (Å²) in [5.74, 6) is -1.03. The number of sulfonamides is 1. The maximum Gasteiger partial charge on any atom is 0.310 e. The first-order chi connectivity index (χ1) is 9.45. The molecule has 0 amide bonds. The van der Waals surface area contributed by atoms with Crippen molar-refractivity contribution in [2.45, 2.75) is 37.5 Å². The lowest BCUT2D eigenvalue weighted by Crippen LogP contribution is -2.40. The molecule has 2 rings (SSSR count). The smallest absolute Gasteiger partial charge is 0.310 e. The highest BCUT2D eigenvalue weighted by Crippen LogP contribution is 2.32. The molecular formula is C12H19N3O4S. The van der Waals surface area contributed by atoms with E-state index in [0.29, 0.717) is 19.3 Å². The third-order valence-electron chi connectivity index (χ3n) is 3.72. The number of aromatic amines is 1. The fourth-order valence-electron chi connectivity index (χ4n) is 2.62. The zero-order valence-corrected chi connectivity index (χ0v) is 12.3. The Morgan fingerprint density at radius 1 is 1.55 bits per heavy atom. The number of carbonyl (C=O) groups is 1. The van der Waals surface area contributed by atoms with E-state index in [1.54, 1.807) is 19.3 Å². The van der Waals surface area contributed by atoms with E-state index in [4.69, 9.17) is 4.74 Å². The minimum absolute atomic E-state index is 0.391. The van der Waals surface area contributed by atoms with Crippen LogP contribution in [0, 0.1) is 5.92 Å². The Kier molecular flexibility index (Phi) is 4.44. The van der Waals surface area contributed by atoms with Crippen molar-refractivity contribution in [3.63, 3.8) is 0 Å². The van der Waals surface area contributed by atoms with Gasteiger partial charge in [-0.05, 0) is 19.8 Å².